The highest BCUT2D eigenvalue weighted by molar-refractivity contribution is 7.90. The number of carbonyl (C=O) groups is 2. The number of amides is 2. The van der Waals surface area contributed by atoms with Crippen LogP contribution in [0.4, 0.5) is 4.39 Å². The van der Waals surface area contributed by atoms with Crippen molar-refractivity contribution < 1.29 is 27.1 Å². The van der Waals surface area contributed by atoms with E-state index in [1.165, 1.54) is 50.5 Å². The van der Waals surface area contributed by atoms with E-state index in [-0.39, 0.29) is 41.1 Å². The van der Waals surface area contributed by atoms with Gasteiger partial charge in [0, 0.05) is 51.0 Å². The molecule has 2 unspecified atom stereocenters. The molecule has 2 aromatic rings. The molecule has 7 rings (SSSR count). The lowest BCUT2D eigenvalue weighted by Crippen LogP contribution is -2.51. The Bertz CT molecular complexity index is 1420. The average molecular weight is 598 g/mol. The molecule has 1 N–H and O–H groups in total. The molecular formula is C32H40FN3O5S. The number of ether oxygens (including phenoxy) is 1. The summed E-state index contributed by atoms with van der Waals surface area (Å²) in [5.74, 6) is 2.62. The first-order valence-electron chi connectivity index (χ1n) is 15.0. The Kier molecular flexibility index (Phi) is 8.04. The van der Waals surface area contributed by atoms with E-state index in [9.17, 15) is 22.4 Å². The molecular weight excluding hydrogens is 557 g/mol. The normalized spacial score (nSPS) is 26.9. The van der Waals surface area contributed by atoms with E-state index in [4.69, 9.17) is 4.74 Å². The average Bonchev–Trinajstić information content (AvgIpc) is 3.36. The Hall–Kier alpha value is -2.98. The summed E-state index contributed by atoms with van der Waals surface area (Å²) in [6, 6.07) is 11.0. The number of hydrogen-bond donors (Lipinski definition) is 1. The van der Waals surface area contributed by atoms with Crippen molar-refractivity contribution >= 4 is 21.7 Å². The first-order chi connectivity index (χ1) is 20.0. The zero-order valence-corrected chi connectivity index (χ0v) is 25.0. The van der Waals surface area contributed by atoms with Crippen molar-refractivity contribution in [3.05, 3.63) is 59.4 Å². The predicted octanol–water partition coefficient (Wildman–Crippen LogP) is 3.79. The van der Waals surface area contributed by atoms with Gasteiger partial charge in [0.1, 0.15) is 18.2 Å². The zero-order chi connectivity index (χ0) is 29.5. The van der Waals surface area contributed by atoms with Gasteiger partial charge in [0.15, 0.2) is 9.84 Å². The van der Waals surface area contributed by atoms with Gasteiger partial charge >= 0.3 is 0 Å². The number of nitrogens with zero attached hydrogens (tertiary/aromatic N) is 2. The summed E-state index contributed by atoms with van der Waals surface area (Å²) in [5, 5.41) is 2.91. The van der Waals surface area contributed by atoms with E-state index in [1.807, 2.05) is 0 Å². The van der Waals surface area contributed by atoms with Gasteiger partial charge in [-0.2, -0.15) is 0 Å². The van der Waals surface area contributed by atoms with Gasteiger partial charge < -0.3 is 15.0 Å². The number of hydrogen-bond acceptors (Lipinski definition) is 6. The van der Waals surface area contributed by atoms with Crippen LogP contribution in [0.15, 0.2) is 47.4 Å². The van der Waals surface area contributed by atoms with E-state index in [1.54, 1.807) is 35.2 Å². The molecule has 5 aliphatic rings. The van der Waals surface area contributed by atoms with Crippen molar-refractivity contribution in [1.82, 2.24) is 15.1 Å². The van der Waals surface area contributed by atoms with Crippen molar-refractivity contribution in [3.8, 4) is 5.75 Å². The van der Waals surface area contributed by atoms with Gasteiger partial charge in [-0.3, -0.25) is 14.5 Å². The Morgan fingerprint density at radius 1 is 1.00 bits per heavy atom. The van der Waals surface area contributed by atoms with Crippen LogP contribution in [-0.4, -0.2) is 69.0 Å². The van der Waals surface area contributed by atoms with Crippen LogP contribution < -0.4 is 10.1 Å². The third kappa shape index (κ3) is 6.49. The fraction of sp³-hybridized carbons (Fsp3) is 0.562. The maximum atomic E-state index is 14.1. The van der Waals surface area contributed by atoms with Crippen molar-refractivity contribution in [2.24, 2.45) is 23.2 Å². The highest BCUT2D eigenvalue weighted by atomic mass is 32.2. The second-order valence-electron chi connectivity index (χ2n) is 13.0. The number of benzene rings is 2. The minimum atomic E-state index is -3.27. The predicted molar refractivity (Wildman–Crippen MR) is 156 cm³/mol. The van der Waals surface area contributed by atoms with Crippen LogP contribution in [0.1, 0.15) is 49.7 Å². The molecule has 2 atom stereocenters. The van der Waals surface area contributed by atoms with Gasteiger partial charge in [0.25, 0.3) is 0 Å². The molecule has 42 heavy (non-hydrogen) atoms. The monoisotopic (exact) mass is 597 g/mol. The maximum Gasteiger partial charge on any atom is 0.242 e. The molecule has 4 saturated carbocycles. The van der Waals surface area contributed by atoms with E-state index < -0.39 is 9.84 Å². The van der Waals surface area contributed by atoms with Gasteiger partial charge in [0.05, 0.1) is 11.4 Å². The van der Waals surface area contributed by atoms with Gasteiger partial charge in [0.2, 0.25) is 11.8 Å². The van der Waals surface area contributed by atoms with Crippen LogP contribution in [0.2, 0.25) is 0 Å². The molecule has 1 aliphatic heterocycles. The molecule has 4 bridgehead atoms. The smallest absolute Gasteiger partial charge is 0.242 e. The summed E-state index contributed by atoms with van der Waals surface area (Å²) in [6.45, 7) is 3.09. The molecule has 0 spiro atoms. The van der Waals surface area contributed by atoms with Crippen molar-refractivity contribution in [2.45, 2.75) is 56.6 Å². The standard InChI is InChI=1S/C32H40FN3O5S/c1-42(39,40)28-5-2-22(3-6-28)21-41-29-7-4-27(33)14-26(29)20-35-8-10-36(11-9-35)31(38)19-34-30(37)18-32-15-23-12-24(16-32)25(13-23)17-32/h2-7,14,23-25H,8-13,15-21H2,1H3,(H,34,37). The Labute approximate surface area is 247 Å². The molecule has 1 heterocycles. The summed E-state index contributed by atoms with van der Waals surface area (Å²) < 4.78 is 43.5. The molecule has 8 nitrogen and oxygen atoms in total. The first-order valence-corrected chi connectivity index (χ1v) is 16.9. The summed E-state index contributed by atoms with van der Waals surface area (Å²) in [4.78, 5) is 29.8. The lowest BCUT2D eigenvalue weighted by molar-refractivity contribution is -0.135. The topological polar surface area (TPSA) is 96.0 Å². The van der Waals surface area contributed by atoms with Crippen LogP contribution in [0.5, 0.6) is 5.75 Å². The largest absolute Gasteiger partial charge is 0.489 e. The van der Waals surface area contributed by atoms with Crippen LogP contribution in [0.25, 0.3) is 0 Å². The van der Waals surface area contributed by atoms with Crippen molar-refractivity contribution in [3.63, 3.8) is 0 Å². The highest BCUT2D eigenvalue weighted by Gasteiger charge is 2.56. The maximum absolute atomic E-state index is 14.1. The molecule has 0 radical (unpaired) electrons. The Morgan fingerprint density at radius 3 is 2.33 bits per heavy atom. The number of halogens is 1. The minimum absolute atomic E-state index is 0.00825. The summed E-state index contributed by atoms with van der Waals surface area (Å²) in [7, 11) is -3.27. The molecule has 10 heteroatoms. The van der Waals surface area contributed by atoms with Gasteiger partial charge in [-0.05, 0) is 91.2 Å². The molecule has 2 amide bonds. The van der Waals surface area contributed by atoms with Crippen LogP contribution >= 0.6 is 0 Å². The molecule has 0 aromatic heterocycles. The SMILES string of the molecule is CS(=O)(=O)c1ccc(COc2ccc(F)cc2CN2CCN(C(=O)CNC(=O)CC34CC5CC(C3)C(C5)C4)CC2)cc1. The quantitative estimate of drug-likeness (QED) is 0.448. The second-order valence-corrected chi connectivity index (χ2v) is 15.1. The van der Waals surface area contributed by atoms with E-state index in [0.29, 0.717) is 50.5 Å². The molecule has 5 fully saturated rings. The molecule has 4 aliphatic carbocycles. The summed E-state index contributed by atoms with van der Waals surface area (Å²) >= 11 is 0. The third-order valence-electron chi connectivity index (χ3n) is 9.91. The lowest BCUT2D eigenvalue weighted by atomic mass is 9.67. The number of rotatable bonds is 10. The van der Waals surface area contributed by atoms with Crippen LogP contribution in [0.3, 0.4) is 0 Å². The number of sulfone groups is 1. The van der Waals surface area contributed by atoms with Gasteiger partial charge in [-0.25, -0.2) is 12.8 Å². The van der Waals surface area contributed by atoms with Gasteiger partial charge in [-0.1, -0.05) is 12.1 Å². The summed E-state index contributed by atoms with van der Waals surface area (Å²) in [5.41, 5.74) is 1.69. The first kappa shape index (κ1) is 29.1. The summed E-state index contributed by atoms with van der Waals surface area (Å²) in [6.07, 6.45) is 7.99. The number of piperazine rings is 1. The van der Waals surface area contributed by atoms with Crippen LogP contribution in [0, 0.1) is 29.0 Å². The van der Waals surface area contributed by atoms with Crippen LogP contribution in [-0.2, 0) is 32.6 Å². The van der Waals surface area contributed by atoms with Crippen molar-refractivity contribution in [1.29, 1.82) is 0 Å². The fourth-order valence-corrected chi connectivity index (χ4v) is 8.72. The van der Waals surface area contributed by atoms with E-state index in [0.717, 1.165) is 23.3 Å². The fourth-order valence-electron chi connectivity index (χ4n) is 8.09. The molecule has 1 saturated heterocycles. The lowest BCUT2D eigenvalue weighted by Gasteiger charge is -2.38. The minimum Gasteiger partial charge on any atom is -0.489 e. The van der Waals surface area contributed by atoms with E-state index >= 15 is 0 Å². The highest BCUT2D eigenvalue weighted by Crippen LogP contribution is 2.65. The molecule has 2 aromatic carbocycles. The molecule has 226 valence electrons. The third-order valence-corrected chi connectivity index (χ3v) is 11.0. The Balaban J connectivity index is 0.960. The Morgan fingerprint density at radius 2 is 1.69 bits per heavy atom. The number of carbonyl (C=O) groups excluding carboxylic acids is 2. The number of nitrogens with one attached hydrogen (secondary N) is 1. The van der Waals surface area contributed by atoms with Gasteiger partial charge in [-0.15, -0.1) is 0 Å². The van der Waals surface area contributed by atoms with E-state index in [2.05, 4.69) is 10.2 Å². The van der Waals surface area contributed by atoms with Crippen molar-refractivity contribution in [2.75, 3.05) is 39.0 Å². The zero-order valence-electron chi connectivity index (χ0n) is 24.2. The second kappa shape index (κ2) is 11.6.